The number of nitrogens with zero attached hydrogens (tertiary/aromatic N) is 3. The zero-order chi connectivity index (χ0) is 19.7. The molecule has 1 saturated heterocycles. The second kappa shape index (κ2) is 7.37. The number of phenols is 1. The maximum Gasteiger partial charge on any atom is 0.285 e. The maximum atomic E-state index is 12.7. The van der Waals surface area contributed by atoms with Crippen molar-refractivity contribution in [1.82, 2.24) is 20.4 Å². The Morgan fingerprint density at radius 1 is 1.14 bits per heavy atom. The smallest absolute Gasteiger partial charge is 0.285 e. The van der Waals surface area contributed by atoms with Gasteiger partial charge in [0.15, 0.2) is 4.32 Å². The number of fused-ring (bicyclic) bond motifs is 1. The summed E-state index contributed by atoms with van der Waals surface area (Å²) in [6, 6.07) is 11.5. The number of phenolic OH excluding ortho intramolecular Hbond substituents is 1. The molecule has 28 heavy (non-hydrogen) atoms. The van der Waals surface area contributed by atoms with E-state index >= 15 is 0 Å². The third-order valence-electron chi connectivity index (χ3n) is 3.97. The lowest BCUT2D eigenvalue weighted by atomic mass is 10.1. The van der Waals surface area contributed by atoms with Gasteiger partial charge in [0.1, 0.15) is 5.75 Å². The van der Waals surface area contributed by atoms with Crippen LogP contribution < -0.4 is 5.43 Å². The van der Waals surface area contributed by atoms with Gasteiger partial charge in [-0.3, -0.25) is 25.0 Å². The molecule has 9 heteroatoms. The van der Waals surface area contributed by atoms with E-state index in [2.05, 4.69) is 15.4 Å². The van der Waals surface area contributed by atoms with E-state index in [1.807, 2.05) is 18.2 Å². The third kappa shape index (κ3) is 3.32. The minimum Gasteiger partial charge on any atom is -0.507 e. The fourth-order valence-electron chi connectivity index (χ4n) is 2.66. The second-order valence-corrected chi connectivity index (χ2v) is 7.42. The average molecular weight is 408 g/mol. The maximum absolute atomic E-state index is 12.7. The molecule has 1 aliphatic heterocycles. The summed E-state index contributed by atoms with van der Waals surface area (Å²) in [6.45, 7) is 0. The highest BCUT2D eigenvalue weighted by Crippen LogP contribution is 2.32. The highest BCUT2D eigenvalue weighted by Gasteiger charge is 2.34. The van der Waals surface area contributed by atoms with Gasteiger partial charge in [0.05, 0.1) is 21.5 Å². The fraction of sp³-hybridized carbons (Fsp3) is 0. The number of nitrogens with one attached hydrogen (secondary N) is 1. The van der Waals surface area contributed by atoms with Crippen molar-refractivity contribution >= 4 is 57.2 Å². The van der Waals surface area contributed by atoms with Crippen molar-refractivity contribution in [3.8, 4) is 5.75 Å². The standard InChI is InChI=1S/C19H12N4O3S2/c24-14-7-2-1-5-12(14)17(25)22-23-18(26)15(28-19(23)27)10-11-4-3-6-13-16(11)21-9-8-20-13/h1-10,24H,(H,22,25)/b15-10-. The van der Waals surface area contributed by atoms with Gasteiger partial charge in [-0.1, -0.05) is 36.0 Å². The van der Waals surface area contributed by atoms with Gasteiger partial charge in [0.2, 0.25) is 0 Å². The van der Waals surface area contributed by atoms with E-state index in [9.17, 15) is 14.7 Å². The summed E-state index contributed by atoms with van der Waals surface area (Å²) in [5.74, 6) is -1.28. The molecule has 4 rings (SSSR count). The highest BCUT2D eigenvalue weighted by molar-refractivity contribution is 8.26. The Morgan fingerprint density at radius 2 is 1.93 bits per heavy atom. The summed E-state index contributed by atoms with van der Waals surface area (Å²) in [5, 5.41) is 10.8. The largest absolute Gasteiger partial charge is 0.507 e. The molecule has 0 atom stereocenters. The van der Waals surface area contributed by atoms with Crippen molar-refractivity contribution in [2.24, 2.45) is 0 Å². The quantitative estimate of drug-likeness (QED) is 0.508. The van der Waals surface area contributed by atoms with Crippen LogP contribution in [0.1, 0.15) is 15.9 Å². The number of carbonyl (C=O) groups excluding carboxylic acids is 2. The van der Waals surface area contributed by atoms with Crippen molar-refractivity contribution in [1.29, 1.82) is 0 Å². The molecule has 1 aromatic heterocycles. The number of thiocarbonyl (C=S) groups is 1. The molecular weight excluding hydrogens is 396 g/mol. The van der Waals surface area contributed by atoms with Crippen molar-refractivity contribution in [3.05, 3.63) is 70.9 Å². The second-order valence-electron chi connectivity index (χ2n) is 5.75. The number of aromatic hydroxyl groups is 1. The number of amides is 2. The number of para-hydroxylation sites is 2. The molecule has 0 saturated carbocycles. The van der Waals surface area contributed by atoms with Crippen LogP contribution >= 0.6 is 24.0 Å². The van der Waals surface area contributed by atoms with E-state index < -0.39 is 11.8 Å². The number of aromatic nitrogens is 2. The Bertz CT molecular complexity index is 1160. The van der Waals surface area contributed by atoms with E-state index in [4.69, 9.17) is 12.2 Å². The van der Waals surface area contributed by atoms with E-state index in [1.165, 1.54) is 12.1 Å². The van der Waals surface area contributed by atoms with Gasteiger partial charge < -0.3 is 5.11 Å². The lowest BCUT2D eigenvalue weighted by Crippen LogP contribution is -2.44. The first-order chi connectivity index (χ1) is 13.5. The number of carbonyl (C=O) groups is 2. The third-order valence-corrected chi connectivity index (χ3v) is 5.27. The van der Waals surface area contributed by atoms with Crippen molar-refractivity contribution in [3.63, 3.8) is 0 Å². The molecule has 2 amide bonds. The Hall–Kier alpha value is -3.30. The van der Waals surface area contributed by atoms with Crippen LogP contribution in [0, 0.1) is 0 Å². The van der Waals surface area contributed by atoms with E-state index in [0.717, 1.165) is 22.3 Å². The summed E-state index contributed by atoms with van der Waals surface area (Å²) >= 11 is 6.30. The lowest BCUT2D eigenvalue weighted by Gasteiger charge is -2.16. The summed E-state index contributed by atoms with van der Waals surface area (Å²) in [7, 11) is 0. The molecule has 0 bridgehead atoms. The van der Waals surface area contributed by atoms with Gasteiger partial charge in [-0.05, 0) is 36.5 Å². The molecule has 1 fully saturated rings. The summed E-state index contributed by atoms with van der Waals surface area (Å²) < 4.78 is 0.186. The first-order valence-electron chi connectivity index (χ1n) is 8.11. The minimum absolute atomic E-state index is 0.0462. The van der Waals surface area contributed by atoms with Crippen LogP contribution in [0.5, 0.6) is 5.75 Å². The Morgan fingerprint density at radius 3 is 2.75 bits per heavy atom. The minimum atomic E-state index is -0.633. The van der Waals surface area contributed by atoms with Gasteiger partial charge in [-0.2, -0.15) is 5.01 Å². The van der Waals surface area contributed by atoms with Crippen LogP contribution in [0.25, 0.3) is 17.1 Å². The monoisotopic (exact) mass is 408 g/mol. The number of hydrogen-bond acceptors (Lipinski definition) is 7. The van der Waals surface area contributed by atoms with Crippen LogP contribution in [-0.4, -0.2) is 36.2 Å². The zero-order valence-corrected chi connectivity index (χ0v) is 15.8. The van der Waals surface area contributed by atoms with Crippen LogP contribution in [-0.2, 0) is 4.79 Å². The topological polar surface area (TPSA) is 95.4 Å². The van der Waals surface area contributed by atoms with Crippen molar-refractivity contribution < 1.29 is 14.7 Å². The van der Waals surface area contributed by atoms with Crippen LogP contribution in [0.3, 0.4) is 0 Å². The highest BCUT2D eigenvalue weighted by atomic mass is 32.2. The van der Waals surface area contributed by atoms with Crippen molar-refractivity contribution in [2.75, 3.05) is 0 Å². The average Bonchev–Trinajstić information content (AvgIpc) is 2.96. The molecule has 3 aromatic rings. The zero-order valence-electron chi connectivity index (χ0n) is 14.2. The molecule has 1 aliphatic rings. The van der Waals surface area contributed by atoms with Gasteiger partial charge >= 0.3 is 0 Å². The van der Waals surface area contributed by atoms with Crippen LogP contribution in [0.15, 0.2) is 59.8 Å². The molecule has 2 aromatic carbocycles. The van der Waals surface area contributed by atoms with E-state index in [1.54, 1.807) is 30.6 Å². The Kier molecular flexibility index (Phi) is 4.76. The SMILES string of the molecule is O=C(NN1C(=O)/C(=C/c2cccc3nccnc23)SC1=S)c1ccccc1O. The number of hydrazine groups is 1. The number of thioether (sulfide) groups is 1. The first kappa shape index (κ1) is 18.1. The van der Waals surface area contributed by atoms with Gasteiger partial charge in [0.25, 0.3) is 11.8 Å². The van der Waals surface area contributed by atoms with Crippen molar-refractivity contribution in [2.45, 2.75) is 0 Å². The molecule has 0 radical (unpaired) electrons. The molecule has 0 unspecified atom stereocenters. The van der Waals surface area contributed by atoms with Gasteiger partial charge in [-0.15, -0.1) is 0 Å². The predicted molar refractivity (Wildman–Crippen MR) is 110 cm³/mol. The van der Waals surface area contributed by atoms with Crippen LogP contribution in [0.4, 0.5) is 0 Å². The Labute approximate surface area is 169 Å². The first-order valence-corrected chi connectivity index (χ1v) is 9.34. The van der Waals surface area contributed by atoms with E-state index in [0.29, 0.717) is 15.9 Å². The fourth-order valence-corrected chi connectivity index (χ4v) is 3.83. The van der Waals surface area contributed by atoms with Gasteiger partial charge in [-0.25, -0.2) is 0 Å². The summed E-state index contributed by atoms with van der Waals surface area (Å²) in [4.78, 5) is 34.0. The van der Waals surface area contributed by atoms with Crippen LogP contribution in [0.2, 0.25) is 0 Å². The van der Waals surface area contributed by atoms with Gasteiger partial charge in [0, 0.05) is 18.0 Å². The molecule has 2 N–H and O–H groups in total. The summed E-state index contributed by atoms with van der Waals surface area (Å²) in [6.07, 6.45) is 4.85. The van der Waals surface area contributed by atoms with E-state index in [-0.39, 0.29) is 15.6 Å². The molecular formula is C19H12N4O3S2. The number of hydrogen-bond donors (Lipinski definition) is 2. The Balaban J connectivity index is 1.61. The molecule has 7 nitrogen and oxygen atoms in total. The normalized spacial score (nSPS) is 15.4. The molecule has 0 aliphatic carbocycles. The summed E-state index contributed by atoms with van der Waals surface area (Å²) in [5.41, 5.74) is 4.58. The molecule has 0 spiro atoms. The molecule has 2 heterocycles. The lowest BCUT2D eigenvalue weighted by molar-refractivity contribution is -0.123. The number of benzene rings is 2. The predicted octanol–water partition coefficient (Wildman–Crippen LogP) is 2.88. The number of rotatable bonds is 3. The molecule has 138 valence electrons.